The fourth-order valence-electron chi connectivity index (χ4n) is 4.23. The maximum Gasteiger partial charge on any atom is 0.325 e. The van der Waals surface area contributed by atoms with Crippen molar-refractivity contribution in [3.63, 3.8) is 0 Å². The quantitative estimate of drug-likeness (QED) is 0.296. The van der Waals surface area contributed by atoms with Crippen LogP contribution in [0.3, 0.4) is 0 Å². The van der Waals surface area contributed by atoms with Crippen molar-refractivity contribution in [3.05, 3.63) is 58.7 Å². The Morgan fingerprint density at radius 2 is 1.92 bits per heavy atom. The molecule has 3 N–H and O–H groups in total. The molecule has 0 atom stereocenters. The summed E-state index contributed by atoms with van der Waals surface area (Å²) in [7, 11) is 0. The van der Waals surface area contributed by atoms with Crippen LogP contribution in [0.15, 0.2) is 48.2 Å². The van der Waals surface area contributed by atoms with E-state index < -0.39 is 0 Å². The predicted molar refractivity (Wildman–Crippen MR) is 148 cm³/mol. The number of rotatable bonds is 9. The molecule has 2 amide bonds. The minimum Gasteiger partial charge on any atom is -0.368 e. The molecule has 0 unspecified atom stereocenters. The summed E-state index contributed by atoms with van der Waals surface area (Å²) in [6.45, 7) is 9.31. The molecule has 0 bridgehead atoms. The molecule has 0 saturated carbocycles. The van der Waals surface area contributed by atoms with Crippen LogP contribution in [0, 0.1) is 0 Å². The van der Waals surface area contributed by atoms with Crippen molar-refractivity contribution < 1.29 is 4.79 Å². The lowest BCUT2D eigenvalue weighted by Crippen LogP contribution is -2.45. The maximum atomic E-state index is 12.6. The molecule has 0 aliphatic carbocycles. The molecule has 1 fully saturated rings. The van der Waals surface area contributed by atoms with Gasteiger partial charge in [0.15, 0.2) is 5.13 Å². The minimum absolute atomic E-state index is 0.288. The number of aromatic nitrogens is 3. The number of amides is 2. The molecule has 188 valence electrons. The van der Waals surface area contributed by atoms with E-state index >= 15 is 0 Å². The lowest BCUT2D eigenvalue weighted by molar-refractivity contribution is 0.132. The molecule has 4 aromatic rings. The second-order valence-corrected chi connectivity index (χ2v) is 10.7. The molecule has 9 nitrogen and oxygen atoms in total. The lowest BCUT2D eigenvalue weighted by Gasteiger charge is -2.34. The number of anilines is 3. The monoisotopic (exact) mass is 522 g/mol. The van der Waals surface area contributed by atoms with Crippen LogP contribution in [-0.4, -0.2) is 70.1 Å². The Bertz CT molecular complexity index is 1300. The molecule has 36 heavy (non-hydrogen) atoms. The van der Waals surface area contributed by atoms with Gasteiger partial charge in [0.2, 0.25) is 0 Å². The first-order valence-electron chi connectivity index (χ1n) is 12.1. The summed E-state index contributed by atoms with van der Waals surface area (Å²) in [5.41, 5.74) is 2.93. The van der Waals surface area contributed by atoms with Crippen LogP contribution in [0.4, 0.5) is 21.4 Å². The Morgan fingerprint density at radius 1 is 1.06 bits per heavy atom. The summed E-state index contributed by atoms with van der Waals surface area (Å²) >= 11 is 3.10. The molecule has 1 saturated heterocycles. The summed E-state index contributed by atoms with van der Waals surface area (Å²) in [5, 5.41) is 11.8. The van der Waals surface area contributed by atoms with Crippen LogP contribution in [0.2, 0.25) is 0 Å². The number of benzene rings is 1. The van der Waals surface area contributed by atoms with E-state index in [1.807, 2.05) is 35.8 Å². The Balaban J connectivity index is 1.08. The second-order valence-electron chi connectivity index (χ2n) is 8.66. The molecule has 0 spiro atoms. The summed E-state index contributed by atoms with van der Waals surface area (Å²) in [4.78, 5) is 31.6. The molecule has 3 aromatic heterocycles. The first-order chi connectivity index (χ1) is 17.7. The lowest BCUT2D eigenvalue weighted by atomic mass is 10.1. The maximum absolute atomic E-state index is 12.6. The molecule has 4 heterocycles. The van der Waals surface area contributed by atoms with Gasteiger partial charge in [-0.2, -0.15) is 0 Å². The van der Waals surface area contributed by atoms with Gasteiger partial charge in [0.05, 0.1) is 10.2 Å². The second kappa shape index (κ2) is 11.7. The van der Waals surface area contributed by atoms with Crippen LogP contribution in [-0.2, 0) is 13.0 Å². The van der Waals surface area contributed by atoms with Crippen LogP contribution in [0.25, 0.3) is 10.2 Å². The standard InChI is InChI=1S/C25H30N8OS2/c1-2-32-9-11-33(12-10-32)16-18-4-3-5-19(14-18)30-24(34)31-25-27-15-20(36-25)6-8-26-23-22-21(7-13-35-22)28-17-29-23/h3-5,7,13-15,17H,2,6,8-12,16H2,1H3,(H,26,28,29)(H2,27,30,31,34). The van der Waals surface area contributed by atoms with E-state index in [2.05, 4.69) is 53.7 Å². The van der Waals surface area contributed by atoms with Gasteiger partial charge in [0.25, 0.3) is 0 Å². The number of fused-ring (bicyclic) bond motifs is 1. The number of carbonyl (C=O) groups is 1. The van der Waals surface area contributed by atoms with Gasteiger partial charge in [-0.15, -0.1) is 22.7 Å². The Labute approximate surface area is 218 Å². The number of nitrogens with one attached hydrogen (secondary N) is 3. The number of carbonyl (C=O) groups excluding carboxylic acids is 1. The first kappa shape index (κ1) is 24.6. The average molecular weight is 523 g/mol. The molecule has 0 radical (unpaired) electrons. The van der Waals surface area contributed by atoms with E-state index in [0.717, 1.165) is 78.8 Å². The summed E-state index contributed by atoms with van der Waals surface area (Å²) in [5.74, 6) is 0.850. The smallest absolute Gasteiger partial charge is 0.325 e. The molecular weight excluding hydrogens is 492 g/mol. The molecule has 1 aromatic carbocycles. The largest absolute Gasteiger partial charge is 0.368 e. The van der Waals surface area contributed by atoms with E-state index in [1.54, 1.807) is 17.7 Å². The van der Waals surface area contributed by atoms with Crippen molar-refractivity contribution in [1.29, 1.82) is 0 Å². The normalized spacial score (nSPS) is 14.7. The Hall–Kier alpha value is -3.12. The third kappa shape index (κ3) is 6.35. The first-order valence-corrected chi connectivity index (χ1v) is 13.8. The number of piperazine rings is 1. The summed E-state index contributed by atoms with van der Waals surface area (Å²) in [6.07, 6.45) is 4.17. The van der Waals surface area contributed by atoms with Crippen molar-refractivity contribution in [3.8, 4) is 0 Å². The van der Waals surface area contributed by atoms with Crippen molar-refractivity contribution in [2.24, 2.45) is 0 Å². The van der Waals surface area contributed by atoms with Crippen molar-refractivity contribution >= 4 is 55.6 Å². The van der Waals surface area contributed by atoms with Crippen LogP contribution in [0.1, 0.15) is 17.4 Å². The summed E-state index contributed by atoms with van der Waals surface area (Å²) < 4.78 is 1.06. The molecular formula is C25H30N8OS2. The van der Waals surface area contributed by atoms with Gasteiger partial charge in [-0.05, 0) is 35.7 Å². The Kier molecular flexibility index (Phi) is 8.01. The zero-order valence-corrected chi connectivity index (χ0v) is 21.9. The zero-order chi connectivity index (χ0) is 24.7. The van der Waals surface area contributed by atoms with Gasteiger partial charge >= 0.3 is 6.03 Å². The van der Waals surface area contributed by atoms with Gasteiger partial charge in [0, 0.05) is 62.5 Å². The van der Waals surface area contributed by atoms with Gasteiger partial charge in [-0.1, -0.05) is 19.1 Å². The number of thiophene rings is 1. The van der Waals surface area contributed by atoms with Crippen LogP contribution >= 0.6 is 22.7 Å². The van der Waals surface area contributed by atoms with E-state index in [1.165, 1.54) is 16.9 Å². The van der Waals surface area contributed by atoms with Crippen molar-refractivity contribution in [2.45, 2.75) is 19.9 Å². The van der Waals surface area contributed by atoms with E-state index in [9.17, 15) is 4.79 Å². The molecule has 5 rings (SSSR count). The highest BCUT2D eigenvalue weighted by Gasteiger charge is 2.16. The SMILES string of the molecule is CCN1CCN(Cc2cccc(NC(=O)Nc3ncc(CCNc4ncnc5ccsc45)s3)c2)CC1. The predicted octanol–water partition coefficient (Wildman–Crippen LogP) is 4.58. The third-order valence-corrected chi connectivity index (χ3v) is 8.07. The number of urea groups is 1. The van der Waals surface area contributed by atoms with Crippen LogP contribution < -0.4 is 16.0 Å². The zero-order valence-electron chi connectivity index (χ0n) is 20.2. The number of hydrogen-bond acceptors (Lipinski definition) is 9. The van der Waals surface area contributed by atoms with E-state index in [0.29, 0.717) is 5.13 Å². The third-order valence-electron chi connectivity index (χ3n) is 6.18. The highest BCUT2D eigenvalue weighted by Crippen LogP contribution is 2.25. The minimum atomic E-state index is -0.288. The number of likely N-dealkylation sites (N-methyl/N-ethyl adjacent to an activating group) is 1. The number of thiazole rings is 1. The van der Waals surface area contributed by atoms with Gasteiger partial charge in [-0.3, -0.25) is 10.2 Å². The van der Waals surface area contributed by atoms with Gasteiger partial charge in [0.1, 0.15) is 12.1 Å². The number of nitrogens with zero attached hydrogens (tertiary/aromatic N) is 5. The number of hydrogen-bond donors (Lipinski definition) is 3. The molecule has 11 heteroatoms. The van der Waals surface area contributed by atoms with E-state index in [-0.39, 0.29) is 6.03 Å². The molecule has 1 aliphatic heterocycles. The van der Waals surface area contributed by atoms with Gasteiger partial charge < -0.3 is 15.5 Å². The Morgan fingerprint density at radius 3 is 2.78 bits per heavy atom. The highest BCUT2D eigenvalue weighted by atomic mass is 32.1. The summed E-state index contributed by atoms with van der Waals surface area (Å²) in [6, 6.07) is 9.76. The fraction of sp³-hybridized carbons (Fsp3) is 0.360. The van der Waals surface area contributed by atoms with Crippen LogP contribution in [0.5, 0.6) is 0 Å². The average Bonchev–Trinajstić information content (AvgIpc) is 3.55. The topological polar surface area (TPSA) is 98.3 Å². The highest BCUT2D eigenvalue weighted by molar-refractivity contribution is 7.17. The van der Waals surface area contributed by atoms with E-state index in [4.69, 9.17) is 0 Å². The molecule has 1 aliphatic rings. The van der Waals surface area contributed by atoms with Crippen molar-refractivity contribution in [2.75, 3.05) is 55.2 Å². The fourth-order valence-corrected chi connectivity index (χ4v) is 5.85. The van der Waals surface area contributed by atoms with Gasteiger partial charge in [-0.25, -0.2) is 19.7 Å². The van der Waals surface area contributed by atoms with Crippen molar-refractivity contribution in [1.82, 2.24) is 24.8 Å².